The van der Waals surface area contributed by atoms with Gasteiger partial charge in [0.05, 0.1) is 30.8 Å². The summed E-state index contributed by atoms with van der Waals surface area (Å²) in [5.74, 6) is -0.205. The Balaban J connectivity index is 2.06. The molecule has 1 aromatic carbocycles. The van der Waals surface area contributed by atoms with Crippen molar-refractivity contribution < 1.29 is 23.4 Å². The van der Waals surface area contributed by atoms with E-state index < -0.39 is 22.5 Å². The Labute approximate surface area is 148 Å². The van der Waals surface area contributed by atoms with Crippen LogP contribution >= 0.6 is 0 Å². The Morgan fingerprint density at radius 3 is 2.72 bits per heavy atom. The predicted molar refractivity (Wildman–Crippen MR) is 96.2 cm³/mol. The minimum absolute atomic E-state index is 0.0238. The lowest BCUT2D eigenvalue weighted by Crippen LogP contribution is -2.46. The van der Waals surface area contributed by atoms with Gasteiger partial charge in [-0.1, -0.05) is 25.1 Å². The molecule has 1 saturated heterocycles. The summed E-state index contributed by atoms with van der Waals surface area (Å²) in [5.41, 5.74) is 1.75. The Morgan fingerprint density at radius 2 is 2.12 bits per heavy atom. The lowest BCUT2D eigenvalue weighted by atomic mass is 10.1. The summed E-state index contributed by atoms with van der Waals surface area (Å²) in [5, 5.41) is 21.7. The highest BCUT2D eigenvalue weighted by atomic mass is 32.2. The van der Waals surface area contributed by atoms with E-state index in [2.05, 4.69) is 5.32 Å². The summed E-state index contributed by atoms with van der Waals surface area (Å²) in [6, 6.07) is 7.18. The number of rotatable bonds is 8. The molecule has 0 aromatic heterocycles. The molecule has 1 aromatic rings. The molecule has 25 heavy (non-hydrogen) atoms. The third-order valence-electron chi connectivity index (χ3n) is 4.40. The minimum atomic E-state index is -3.11. The van der Waals surface area contributed by atoms with Crippen molar-refractivity contribution in [2.24, 2.45) is 0 Å². The molecule has 1 aliphatic rings. The van der Waals surface area contributed by atoms with Crippen LogP contribution in [0.2, 0.25) is 0 Å². The lowest BCUT2D eigenvalue weighted by molar-refractivity contribution is -0.118. The van der Waals surface area contributed by atoms with Gasteiger partial charge in [0.1, 0.15) is 0 Å². The van der Waals surface area contributed by atoms with E-state index in [4.69, 9.17) is 5.11 Å². The maximum Gasteiger partial charge on any atom is 0.238 e. The van der Waals surface area contributed by atoms with Gasteiger partial charge in [0.25, 0.3) is 0 Å². The first-order valence-corrected chi connectivity index (χ1v) is 10.3. The highest BCUT2D eigenvalue weighted by Gasteiger charge is 2.33. The predicted octanol–water partition coefficient (Wildman–Crippen LogP) is 0.0298. The third-order valence-corrected chi connectivity index (χ3v) is 6.15. The van der Waals surface area contributed by atoms with Crippen LogP contribution in [0.3, 0.4) is 0 Å². The molecule has 1 fully saturated rings. The van der Waals surface area contributed by atoms with Crippen molar-refractivity contribution >= 4 is 21.4 Å². The first-order chi connectivity index (χ1) is 11.8. The maximum atomic E-state index is 12.4. The first kappa shape index (κ1) is 19.8. The van der Waals surface area contributed by atoms with Gasteiger partial charge in [-0.2, -0.15) is 0 Å². The van der Waals surface area contributed by atoms with E-state index in [0.717, 1.165) is 17.7 Å². The van der Waals surface area contributed by atoms with E-state index in [1.165, 1.54) is 0 Å². The van der Waals surface area contributed by atoms with Gasteiger partial charge < -0.3 is 15.5 Å². The van der Waals surface area contributed by atoms with Crippen LogP contribution in [-0.4, -0.2) is 72.8 Å². The smallest absolute Gasteiger partial charge is 0.238 e. The molecule has 2 rings (SSSR count). The van der Waals surface area contributed by atoms with Crippen LogP contribution in [0, 0.1) is 0 Å². The third kappa shape index (κ3) is 5.78. The second kappa shape index (κ2) is 8.75. The molecule has 1 amide bonds. The molecule has 0 spiro atoms. The van der Waals surface area contributed by atoms with Crippen LogP contribution in [0.25, 0.3) is 0 Å². The van der Waals surface area contributed by atoms with E-state index in [0.29, 0.717) is 6.42 Å². The second-order valence-electron chi connectivity index (χ2n) is 6.38. The number of aliphatic hydroxyl groups is 2. The van der Waals surface area contributed by atoms with Gasteiger partial charge in [-0.3, -0.25) is 9.69 Å². The number of nitrogens with zero attached hydrogens (tertiary/aromatic N) is 1. The van der Waals surface area contributed by atoms with Crippen molar-refractivity contribution in [1.82, 2.24) is 4.90 Å². The number of carbonyl (C=O) groups excluding carboxylic acids is 1. The highest BCUT2D eigenvalue weighted by molar-refractivity contribution is 7.91. The van der Waals surface area contributed by atoms with Crippen LogP contribution in [0.15, 0.2) is 24.3 Å². The highest BCUT2D eigenvalue weighted by Crippen LogP contribution is 2.19. The minimum Gasteiger partial charge on any atom is -0.394 e. The van der Waals surface area contributed by atoms with Gasteiger partial charge >= 0.3 is 0 Å². The van der Waals surface area contributed by atoms with Crippen molar-refractivity contribution in [3.05, 3.63) is 29.8 Å². The number of aliphatic hydroxyl groups excluding tert-OH is 2. The largest absolute Gasteiger partial charge is 0.394 e. The molecule has 0 saturated carbocycles. The summed E-state index contributed by atoms with van der Waals surface area (Å²) in [4.78, 5) is 14.1. The molecule has 1 aliphatic heterocycles. The normalized spacial score (nSPS) is 20.6. The van der Waals surface area contributed by atoms with Gasteiger partial charge in [0.2, 0.25) is 5.91 Å². The molecule has 2 atom stereocenters. The number of benzene rings is 1. The summed E-state index contributed by atoms with van der Waals surface area (Å²) >= 11 is 0. The number of amides is 1. The zero-order valence-electron chi connectivity index (χ0n) is 14.4. The number of hydrogen-bond donors (Lipinski definition) is 3. The Hall–Kier alpha value is -1.48. The zero-order chi connectivity index (χ0) is 18.4. The Kier molecular flexibility index (Phi) is 6.95. The van der Waals surface area contributed by atoms with E-state index in [1.54, 1.807) is 4.90 Å². The number of hydrogen-bond acceptors (Lipinski definition) is 6. The average Bonchev–Trinajstić information content (AvgIpc) is 2.94. The van der Waals surface area contributed by atoms with E-state index >= 15 is 0 Å². The summed E-state index contributed by atoms with van der Waals surface area (Å²) in [6.07, 6.45) is 0.197. The monoisotopic (exact) mass is 370 g/mol. The fraction of sp³-hybridized carbons (Fsp3) is 0.588. The zero-order valence-corrected chi connectivity index (χ0v) is 15.2. The molecule has 8 heteroatoms. The Bertz CT molecular complexity index is 692. The lowest BCUT2D eigenvalue weighted by Gasteiger charge is -2.29. The summed E-state index contributed by atoms with van der Waals surface area (Å²) < 4.78 is 23.4. The van der Waals surface area contributed by atoms with Gasteiger partial charge in [0.15, 0.2) is 9.84 Å². The van der Waals surface area contributed by atoms with Crippen LogP contribution in [0.4, 0.5) is 5.69 Å². The molecule has 1 heterocycles. The molecule has 0 aliphatic carbocycles. The fourth-order valence-electron chi connectivity index (χ4n) is 3.06. The number of nitrogens with one attached hydrogen (secondary N) is 1. The van der Waals surface area contributed by atoms with Gasteiger partial charge in [-0.15, -0.1) is 0 Å². The van der Waals surface area contributed by atoms with Crippen LogP contribution < -0.4 is 5.32 Å². The molecule has 3 N–H and O–H groups in total. The summed E-state index contributed by atoms with van der Waals surface area (Å²) in [6.45, 7) is 1.59. The van der Waals surface area contributed by atoms with Crippen molar-refractivity contribution in [2.75, 3.05) is 36.5 Å². The van der Waals surface area contributed by atoms with Crippen molar-refractivity contribution in [3.63, 3.8) is 0 Å². The molecule has 0 bridgehead atoms. The summed E-state index contributed by atoms with van der Waals surface area (Å²) in [7, 11) is -3.11. The second-order valence-corrected chi connectivity index (χ2v) is 8.61. The van der Waals surface area contributed by atoms with Crippen LogP contribution in [-0.2, 0) is 21.1 Å². The average molecular weight is 370 g/mol. The topological polar surface area (TPSA) is 107 Å². The maximum absolute atomic E-state index is 12.4. The molecular weight excluding hydrogens is 344 g/mol. The SMILES string of the molecule is CCc1ccccc1NC(=O)CN(CC(O)CO)C1CCS(=O)(=O)C1. The number of sulfone groups is 1. The quantitative estimate of drug-likeness (QED) is 0.596. The van der Waals surface area contributed by atoms with Crippen LogP contribution in [0.1, 0.15) is 18.9 Å². The van der Waals surface area contributed by atoms with Gasteiger partial charge in [-0.05, 0) is 24.5 Å². The van der Waals surface area contributed by atoms with E-state index in [1.807, 2.05) is 31.2 Å². The first-order valence-electron chi connectivity index (χ1n) is 8.45. The number of carbonyl (C=O) groups is 1. The van der Waals surface area contributed by atoms with Gasteiger partial charge in [0, 0.05) is 18.3 Å². The molecule has 7 nitrogen and oxygen atoms in total. The van der Waals surface area contributed by atoms with Crippen molar-refractivity contribution in [3.8, 4) is 0 Å². The van der Waals surface area contributed by atoms with Gasteiger partial charge in [-0.25, -0.2) is 8.42 Å². The Morgan fingerprint density at radius 1 is 1.40 bits per heavy atom. The standard InChI is InChI=1S/C17H26N2O5S/c1-2-13-5-3-4-6-16(13)18-17(22)10-19(9-15(21)11-20)14-7-8-25(23,24)12-14/h3-6,14-15,20-21H,2,7-12H2,1H3,(H,18,22). The fourth-order valence-corrected chi connectivity index (χ4v) is 4.82. The van der Waals surface area contributed by atoms with E-state index in [9.17, 15) is 18.3 Å². The molecular formula is C17H26N2O5S. The van der Waals surface area contributed by atoms with Crippen LogP contribution in [0.5, 0.6) is 0 Å². The van der Waals surface area contributed by atoms with Crippen molar-refractivity contribution in [2.45, 2.75) is 31.9 Å². The number of aryl methyl sites for hydroxylation is 1. The van der Waals surface area contributed by atoms with Crippen molar-refractivity contribution in [1.29, 1.82) is 0 Å². The molecule has 2 unspecified atom stereocenters. The number of para-hydroxylation sites is 1. The molecule has 140 valence electrons. The number of anilines is 1. The molecule has 0 radical (unpaired) electrons. The van der Waals surface area contributed by atoms with E-state index in [-0.39, 0.29) is 36.5 Å².